The van der Waals surface area contributed by atoms with Crippen LogP contribution in [0.3, 0.4) is 0 Å². The molecule has 16 heavy (non-hydrogen) atoms. The van der Waals surface area contributed by atoms with Crippen molar-refractivity contribution >= 4 is 17.4 Å². The molecule has 2 heterocycles. The molecule has 0 aromatic carbocycles. The summed E-state index contributed by atoms with van der Waals surface area (Å²) in [6, 6.07) is 3.90. The summed E-state index contributed by atoms with van der Waals surface area (Å²) >= 11 is 1.36. The normalized spacial score (nSPS) is 9.38. The molecular weight excluding hydrogens is 222 g/mol. The van der Waals surface area contributed by atoms with E-state index >= 15 is 0 Å². The third-order valence-electron chi connectivity index (χ3n) is 1.63. The van der Waals surface area contributed by atoms with Crippen molar-refractivity contribution in [1.29, 1.82) is 5.26 Å². The third kappa shape index (κ3) is 2.70. The molecule has 2 aromatic heterocycles. The number of thioether (sulfide) groups is 1. The standard InChI is InChI=1S/C8H7N5S.C2H6/c1-6-4-7-10-5-11-13(7)8(12-6)14-3-2-9;1-2/h4-5H,3H2,1H3;1-2H3. The molecule has 0 aliphatic rings. The summed E-state index contributed by atoms with van der Waals surface area (Å²) in [5.74, 6) is 0.366. The number of nitrogens with zero attached hydrogens (tertiary/aromatic N) is 5. The first-order valence-electron chi connectivity index (χ1n) is 4.98. The van der Waals surface area contributed by atoms with Crippen LogP contribution in [0, 0.1) is 18.3 Å². The number of fused-ring (bicyclic) bond motifs is 1. The van der Waals surface area contributed by atoms with Crippen LogP contribution in [0.25, 0.3) is 5.65 Å². The minimum absolute atomic E-state index is 0.366. The van der Waals surface area contributed by atoms with Crippen LogP contribution in [0.2, 0.25) is 0 Å². The van der Waals surface area contributed by atoms with Gasteiger partial charge in [-0.05, 0) is 6.92 Å². The molecule has 0 saturated heterocycles. The first-order chi connectivity index (χ1) is 7.81. The van der Waals surface area contributed by atoms with Crippen molar-refractivity contribution in [1.82, 2.24) is 19.6 Å². The molecule has 0 spiro atoms. The molecule has 2 rings (SSSR count). The largest absolute Gasteiger partial charge is 0.228 e. The lowest BCUT2D eigenvalue weighted by Crippen LogP contribution is -1.98. The zero-order valence-corrected chi connectivity index (χ0v) is 10.3. The SMILES string of the molecule is CC.Cc1cc2ncnn2c(SCC#N)n1. The van der Waals surface area contributed by atoms with E-state index in [4.69, 9.17) is 5.26 Å². The van der Waals surface area contributed by atoms with Crippen molar-refractivity contribution in [3.05, 3.63) is 18.1 Å². The Kier molecular flexibility index (Phi) is 4.73. The topological polar surface area (TPSA) is 66.9 Å². The summed E-state index contributed by atoms with van der Waals surface area (Å²) in [6.45, 7) is 5.89. The van der Waals surface area contributed by atoms with E-state index in [2.05, 4.69) is 21.1 Å². The second-order valence-electron chi connectivity index (χ2n) is 2.66. The van der Waals surface area contributed by atoms with Crippen LogP contribution in [0.5, 0.6) is 0 Å². The van der Waals surface area contributed by atoms with Crippen LogP contribution in [-0.4, -0.2) is 25.3 Å². The number of aromatic nitrogens is 4. The lowest BCUT2D eigenvalue weighted by Gasteiger charge is -2.00. The van der Waals surface area contributed by atoms with Gasteiger partial charge in [-0.1, -0.05) is 25.6 Å². The van der Waals surface area contributed by atoms with Crippen LogP contribution in [0.4, 0.5) is 0 Å². The Balaban J connectivity index is 0.000000606. The molecule has 0 bridgehead atoms. The van der Waals surface area contributed by atoms with Crippen molar-refractivity contribution in [3.63, 3.8) is 0 Å². The van der Waals surface area contributed by atoms with Gasteiger partial charge in [-0.25, -0.2) is 9.97 Å². The summed E-state index contributed by atoms with van der Waals surface area (Å²) in [5, 5.41) is 13.2. The first-order valence-corrected chi connectivity index (χ1v) is 5.97. The first kappa shape index (κ1) is 12.5. The van der Waals surface area contributed by atoms with E-state index in [9.17, 15) is 0 Å². The fourth-order valence-electron chi connectivity index (χ4n) is 1.10. The highest BCUT2D eigenvalue weighted by atomic mass is 32.2. The molecule has 5 nitrogen and oxygen atoms in total. The molecule has 84 valence electrons. The van der Waals surface area contributed by atoms with Crippen LogP contribution in [-0.2, 0) is 0 Å². The highest BCUT2D eigenvalue weighted by Crippen LogP contribution is 2.15. The van der Waals surface area contributed by atoms with E-state index in [0.717, 1.165) is 11.3 Å². The van der Waals surface area contributed by atoms with E-state index in [1.165, 1.54) is 18.1 Å². The summed E-state index contributed by atoms with van der Waals surface area (Å²) in [7, 11) is 0. The Morgan fingerprint density at radius 1 is 1.50 bits per heavy atom. The fraction of sp³-hybridized carbons (Fsp3) is 0.400. The second-order valence-corrected chi connectivity index (χ2v) is 3.60. The molecule has 0 saturated carbocycles. The molecule has 6 heteroatoms. The molecule has 0 atom stereocenters. The summed E-state index contributed by atoms with van der Waals surface area (Å²) in [5.41, 5.74) is 1.64. The van der Waals surface area contributed by atoms with Crippen LogP contribution >= 0.6 is 11.8 Å². The van der Waals surface area contributed by atoms with Gasteiger partial charge in [-0.15, -0.1) is 0 Å². The lowest BCUT2D eigenvalue weighted by atomic mass is 10.4. The molecule has 2 aromatic rings. The Morgan fingerprint density at radius 2 is 2.25 bits per heavy atom. The highest BCUT2D eigenvalue weighted by molar-refractivity contribution is 7.99. The van der Waals surface area contributed by atoms with Gasteiger partial charge in [-0.3, -0.25) is 0 Å². The molecule has 0 N–H and O–H groups in total. The minimum Gasteiger partial charge on any atom is -0.228 e. The predicted molar refractivity (Wildman–Crippen MR) is 63.2 cm³/mol. The molecule has 0 radical (unpaired) electrons. The third-order valence-corrected chi connectivity index (χ3v) is 2.43. The molecule has 0 unspecified atom stereocenters. The lowest BCUT2D eigenvalue weighted by molar-refractivity contribution is 0.783. The Labute approximate surface area is 98.5 Å². The van der Waals surface area contributed by atoms with Crippen LogP contribution in [0.1, 0.15) is 19.5 Å². The van der Waals surface area contributed by atoms with E-state index in [1.807, 2.05) is 26.8 Å². The highest BCUT2D eigenvalue weighted by Gasteiger charge is 2.05. The zero-order chi connectivity index (χ0) is 12.0. The molecule has 0 aliphatic heterocycles. The van der Waals surface area contributed by atoms with Crippen molar-refractivity contribution in [2.45, 2.75) is 25.9 Å². The zero-order valence-electron chi connectivity index (χ0n) is 9.51. The van der Waals surface area contributed by atoms with Gasteiger partial charge in [0.1, 0.15) is 6.33 Å². The Morgan fingerprint density at radius 3 is 2.94 bits per heavy atom. The Hall–Kier alpha value is -1.61. The average Bonchev–Trinajstić information content (AvgIpc) is 2.76. The van der Waals surface area contributed by atoms with E-state index in [1.54, 1.807) is 4.52 Å². The molecule has 0 fully saturated rings. The van der Waals surface area contributed by atoms with E-state index in [-0.39, 0.29) is 0 Å². The minimum atomic E-state index is 0.366. The quantitative estimate of drug-likeness (QED) is 0.589. The number of hydrogen-bond acceptors (Lipinski definition) is 5. The number of hydrogen-bond donors (Lipinski definition) is 0. The van der Waals surface area contributed by atoms with Gasteiger partial charge < -0.3 is 0 Å². The monoisotopic (exact) mass is 235 g/mol. The van der Waals surface area contributed by atoms with Gasteiger partial charge in [0.15, 0.2) is 10.8 Å². The van der Waals surface area contributed by atoms with Crippen molar-refractivity contribution in [2.24, 2.45) is 0 Å². The van der Waals surface area contributed by atoms with Gasteiger partial charge in [0, 0.05) is 11.8 Å². The van der Waals surface area contributed by atoms with Crippen LogP contribution < -0.4 is 0 Å². The summed E-state index contributed by atoms with van der Waals surface area (Å²) in [4.78, 5) is 8.35. The maximum atomic E-state index is 8.48. The van der Waals surface area contributed by atoms with Crippen LogP contribution in [0.15, 0.2) is 17.6 Å². The van der Waals surface area contributed by atoms with Crippen molar-refractivity contribution < 1.29 is 0 Å². The number of nitriles is 1. The van der Waals surface area contributed by atoms with Crippen molar-refractivity contribution in [2.75, 3.05) is 5.75 Å². The fourth-order valence-corrected chi connectivity index (χ4v) is 1.77. The maximum Gasteiger partial charge on any atom is 0.192 e. The van der Waals surface area contributed by atoms with Gasteiger partial charge in [0.05, 0.1) is 11.8 Å². The van der Waals surface area contributed by atoms with E-state index < -0.39 is 0 Å². The Bertz CT molecular complexity index is 499. The number of rotatable bonds is 2. The smallest absolute Gasteiger partial charge is 0.192 e. The van der Waals surface area contributed by atoms with Gasteiger partial charge in [0.2, 0.25) is 0 Å². The molecular formula is C10H13N5S. The predicted octanol–water partition coefficient (Wildman–Crippen LogP) is 2.07. The number of aryl methyl sites for hydroxylation is 1. The van der Waals surface area contributed by atoms with E-state index in [0.29, 0.717) is 10.9 Å². The van der Waals surface area contributed by atoms with Gasteiger partial charge >= 0.3 is 0 Å². The van der Waals surface area contributed by atoms with Gasteiger partial charge in [-0.2, -0.15) is 14.9 Å². The second kappa shape index (κ2) is 6.08. The molecule has 0 aliphatic carbocycles. The molecule has 0 amide bonds. The summed E-state index contributed by atoms with van der Waals surface area (Å²) < 4.78 is 1.63. The maximum absolute atomic E-state index is 8.48. The van der Waals surface area contributed by atoms with Crippen molar-refractivity contribution in [3.8, 4) is 6.07 Å². The summed E-state index contributed by atoms with van der Waals surface area (Å²) in [6.07, 6.45) is 1.48. The average molecular weight is 235 g/mol. The van der Waals surface area contributed by atoms with Gasteiger partial charge in [0.25, 0.3) is 0 Å².